The first-order valence-corrected chi connectivity index (χ1v) is 11.5. The Bertz CT molecular complexity index is 1360. The number of nitrogens with zero attached hydrogens (tertiary/aromatic N) is 4. The summed E-state index contributed by atoms with van der Waals surface area (Å²) in [7, 11) is 0. The van der Waals surface area contributed by atoms with Crippen molar-refractivity contribution in [3.63, 3.8) is 0 Å². The zero-order chi connectivity index (χ0) is 24.4. The maximum Gasteiger partial charge on any atom is 0.248 e. The molecule has 0 amide bonds. The Morgan fingerprint density at radius 1 is 1.17 bits per heavy atom. The maximum absolute atomic E-state index is 14.9. The van der Waals surface area contributed by atoms with Gasteiger partial charge in [-0.05, 0) is 50.1 Å². The average molecular weight is 477 g/mol. The number of aromatic amines is 1. The van der Waals surface area contributed by atoms with Crippen LogP contribution in [0.3, 0.4) is 0 Å². The summed E-state index contributed by atoms with van der Waals surface area (Å²) in [4.78, 5) is 18.6. The minimum atomic E-state index is -0.997. The average Bonchev–Trinajstić information content (AvgIpc) is 3.26. The molecule has 10 heteroatoms. The zero-order valence-corrected chi connectivity index (χ0v) is 19.1. The number of aromatic nitrogens is 5. The lowest BCUT2D eigenvalue weighted by Gasteiger charge is -2.36. The first-order valence-electron chi connectivity index (χ1n) is 11.5. The van der Waals surface area contributed by atoms with E-state index in [0.717, 1.165) is 0 Å². The number of rotatable bonds is 8. The molecular formula is C25H25FN6O3. The molecule has 180 valence electrons. The van der Waals surface area contributed by atoms with Crippen LogP contribution in [0.5, 0.6) is 5.75 Å². The van der Waals surface area contributed by atoms with Gasteiger partial charge in [-0.25, -0.2) is 9.37 Å². The van der Waals surface area contributed by atoms with Crippen LogP contribution in [-0.2, 0) is 0 Å². The summed E-state index contributed by atoms with van der Waals surface area (Å²) < 4.78 is 22.0. The van der Waals surface area contributed by atoms with E-state index in [2.05, 4.69) is 25.5 Å². The van der Waals surface area contributed by atoms with E-state index in [1.807, 2.05) is 6.92 Å². The van der Waals surface area contributed by atoms with Gasteiger partial charge >= 0.3 is 0 Å². The van der Waals surface area contributed by atoms with Gasteiger partial charge in [0.05, 0.1) is 24.2 Å². The molecule has 5 rings (SSSR count). The molecule has 35 heavy (non-hydrogen) atoms. The van der Waals surface area contributed by atoms with E-state index in [-0.39, 0.29) is 17.5 Å². The number of ether oxygens (including phenoxy) is 1. The molecule has 1 saturated carbocycles. The Morgan fingerprint density at radius 2 is 2.00 bits per heavy atom. The van der Waals surface area contributed by atoms with E-state index in [4.69, 9.17) is 4.74 Å². The summed E-state index contributed by atoms with van der Waals surface area (Å²) in [5.74, 6) is 1.31. The molecule has 0 bridgehead atoms. The Kier molecular flexibility index (Phi) is 6.39. The minimum Gasteiger partial charge on any atom is -0.492 e. The molecule has 1 atom stereocenters. The zero-order valence-electron chi connectivity index (χ0n) is 19.1. The van der Waals surface area contributed by atoms with Gasteiger partial charge in [-0.3, -0.25) is 14.7 Å². The molecule has 0 radical (unpaired) electrons. The van der Waals surface area contributed by atoms with Gasteiger partial charge in [0.15, 0.2) is 5.82 Å². The van der Waals surface area contributed by atoms with Crippen LogP contribution >= 0.6 is 0 Å². The van der Waals surface area contributed by atoms with E-state index in [9.17, 15) is 14.3 Å². The predicted octanol–water partition coefficient (Wildman–Crippen LogP) is 3.08. The lowest BCUT2D eigenvalue weighted by Crippen LogP contribution is -2.43. The number of para-hydroxylation sites is 1. The van der Waals surface area contributed by atoms with Crippen LogP contribution in [0.2, 0.25) is 0 Å². The van der Waals surface area contributed by atoms with Crippen LogP contribution < -0.4 is 15.6 Å². The van der Waals surface area contributed by atoms with E-state index in [0.29, 0.717) is 53.9 Å². The summed E-state index contributed by atoms with van der Waals surface area (Å²) in [6.07, 6.45) is 1.94. The standard InChI is InChI=1S/C25H25FN6O3/c1-2-35-17-10-11-19(27-14-17)24-31-30-23(32(24)21-8-4-3-6-18(21)26)15-12-16(13-15)28-25(34)20-7-5-9-22(33)29-20/h3-11,14-16,25,28,34H,2,12-13H2,1H3,(H,29,33). The molecule has 0 saturated heterocycles. The maximum atomic E-state index is 14.9. The highest BCUT2D eigenvalue weighted by molar-refractivity contribution is 5.55. The highest BCUT2D eigenvalue weighted by Gasteiger charge is 2.36. The van der Waals surface area contributed by atoms with Gasteiger partial charge in [0.1, 0.15) is 29.3 Å². The topological polar surface area (TPSA) is 118 Å². The number of hydrogen-bond donors (Lipinski definition) is 3. The third-order valence-corrected chi connectivity index (χ3v) is 6.04. The molecule has 1 aliphatic carbocycles. The van der Waals surface area contributed by atoms with Crippen LogP contribution in [0.4, 0.5) is 4.39 Å². The van der Waals surface area contributed by atoms with Crippen molar-refractivity contribution in [3.05, 3.63) is 88.5 Å². The summed E-state index contributed by atoms with van der Waals surface area (Å²) in [6, 6.07) is 14.7. The third-order valence-electron chi connectivity index (χ3n) is 6.04. The van der Waals surface area contributed by atoms with Crippen molar-refractivity contribution < 1.29 is 14.2 Å². The quantitative estimate of drug-likeness (QED) is 0.335. The van der Waals surface area contributed by atoms with Crippen LogP contribution in [-0.4, -0.2) is 42.5 Å². The Morgan fingerprint density at radius 3 is 2.71 bits per heavy atom. The lowest BCUT2D eigenvalue weighted by molar-refractivity contribution is 0.0929. The predicted molar refractivity (Wildman–Crippen MR) is 127 cm³/mol. The largest absolute Gasteiger partial charge is 0.492 e. The number of halogens is 1. The molecule has 0 aliphatic heterocycles. The molecular weight excluding hydrogens is 451 g/mol. The molecule has 0 spiro atoms. The third kappa shape index (κ3) is 4.71. The van der Waals surface area contributed by atoms with Crippen molar-refractivity contribution in [1.82, 2.24) is 30.0 Å². The molecule has 1 aromatic carbocycles. The van der Waals surface area contributed by atoms with Gasteiger partial charge in [0, 0.05) is 18.0 Å². The monoisotopic (exact) mass is 476 g/mol. The number of benzene rings is 1. The number of pyridine rings is 2. The second kappa shape index (κ2) is 9.77. The normalized spacial score (nSPS) is 18.1. The van der Waals surface area contributed by atoms with E-state index < -0.39 is 12.0 Å². The summed E-state index contributed by atoms with van der Waals surface area (Å²) >= 11 is 0. The van der Waals surface area contributed by atoms with E-state index >= 15 is 0 Å². The fraction of sp³-hybridized carbons (Fsp3) is 0.280. The molecule has 1 aliphatic rings. The molecule has 1 unspecified atom stereocenters. The highest BCUT2D eigenvalue weighted by atomic mass is 19.1. The first kappa shape index (κ1) is 22.9. The summed E-state index contributed by atoms with van der Waals surface area (Å²) in [5.41, 5.74) is 1.02. The summed E-state index contributed by atoms with van der Waals surface area (Å²) in [5, 5.41) is 22.3. The van der Waals surface area contributed by atoms with Crippen molar-refractivity contribution >= 4 is 0 Å². The first-order chi connectivity index (χ1) is 17.0. The van der Waals surface area contributed by atoms with E-state index in [1.54, 1.807) is 53.2 Å². The second-order valence-electron chi connectivity index (χ2n) is 8.39. The molecule has 1 fully saturated rings. The highest BCUT2D eigenvalue weighted by Crippen LogP contribution is 2.39. The van der Waals surface area contributed by atoms with Crippen molar-refractivity contribution in [2.45, 2.75) is 38.0 Å². The fourth-order valence-electron chi connectivity index (χ4n) is 4.26. The lowest BCUT2D eigenvalue weighted by atomic mass is 9.79. The van der Waals surface area contributed by atoms with Crippen LogP contribution in [0.1, 0.15) is 43.4 Å². The number of nitrogens with one attached hydrogen (secondary N) is 2. The van der Waals surface area contributed by atoms with E-state index in [1.165, 1.54) is 12.1 Å². The fourth-order valence-corrected chi connectivity index (χ4v) is 4.26. The van der Waals surface area contributed by atoms with Gasteiger partial charge < -0.3 is 14.8 Å². The van der Waals surface area contributed by atoms with Gasteiger partial charge in [0.25, 0.3) is 0 Å². The van der Waals surface area contributed by atoms with Crippen molar-refractivity contribution in [2.24, 2.45) is 0 Å². The Balaban J connectivity index is 1.40. The van der Waals surface area contributed by atoms with Gasteiger partial charge in [-0.2, -0.15) is 0 Å². The molecule has 3 heterocycles. The summed E-state index contributed by atoms with van der Waals surface area (Å²) in [6.45, 7) is 2.43. The molecule has 4 aromatic rings. The Hall–Kier alpha value is -3.89. The number of hydrogen-bond acceptors (Lipinski definition) is 7. The molecule has 3 N–H and O–H groups in total. The minimum absolute atomic E-state index is 0.00178. The molecule has 9 nitrogen and oxygen atoms in total. The van der Waals surface area contributed by atoms with Crippen molar-refractivity contribution in [2.75, 3.05) is 6.61 Å². The number of aliphatic hydroxyl groups is 1. The van der Waals surface area contributed by atoms with Crippen molar-refractivity contribution in [3.8, 4) is 23.0 Å². The van der Waals surface area contributed by atoms with Crippen molar-refractivity contribution in [1.29, 1.82) is 0 Å². The number of aliphatic hydroxyl groups excluding tert-OH is 1. The molecule has 3 aromatic heterocycles. The second-order valence-corrected chi connectivity index (χ2v) is 8.39. The van der Waals surface area contributed by atoms with Crippen LogP contribution in [0.15, 0.2) is 65.6 Å². The van der Waals surface area contributed by atoms with Gasteiger partial charge in [-0.1, -0.05) is 18.2 Å². The van der Waals surface area contributed by atoms with Crippen LogP contribution in [0, 0.1) is 5.82 Å². The van der Waals surface area contributed by atoms with Gasteiger partial charge in [-0.15, -0.1) is 10.2 Å². The van der Waals surface area contributed by atoms with Gasteiger partial charge in [0.2, 0.25) is 5.56 Å². The Labute approximate surface area is 200 Å². The van der Waals surface area contributed by atoms with Crippen LogP contribution in [0.25, 0.3) is 17.2 Å². The number of H-pyrrole nitrogens is 1. The SMILES string of the molecule is CCOc1ccc(-c2nnc(C3CC(NC(O)c4cccc(=O)[nH]4)C3)n2-c2ccccc2F)nc1. The smallest absolute Gasteiger partial charge is 0.248 e.